The molecule has 0 amide bonds. The van der Waals surface area contributed by atoms with E-state index in [1.807, 2.05) is 0 Å². The summed E-state index contributed by atoms with van der Waals surface area (Å²) in [6.45, 7) is 4.59. The summed E-state index contributed by atoms with van der Waals surface area (Å²) in [5.74, 6) is 1.77. The Morgan fingerprint density at radius 3 is 2.54 bits per heavy atom. The fourth-order valence-electron chi connectivity index (χ4n) is 7.91. The highest BCUT2D eigenvalue weighted by Crippen LogP contribution is 2.40. The van der Waals surface area contributed by atoms with Crippen LogP contribution in [-0.2, 0) is 6.42 Å². The van der Waals surface area contributed by atoms with E-state index in [4.69, 9.17) is 9.98 Å². The van der Waals surface area contributed by atoms with E-state index < -0.39 is 0 Å². The number of hydrogen-bond acceptors (Lipinski definition) is 2. The Balaban J connectivity index is 1.31. The predicted octanol–water partition coefficient (Wildman–Crippen LogP) is 11.2. The van der Waals surface area contributed by atoms with Gasteiger partial charge in [0.25, 0.3) is 0 Å². The number of aliphatic imine (C=N–C) groups is 2. The van der Waals surface area contributed by atoms with Gasteiger partial charge in [-0.15, -0.1) is 0 Å². The van der Waals surface area contributed by atoms with Gasteiger partial charge in [-0.05, 0) is 137 Å². The van der Waals surface area contributed by atoms with Crippen LogP contribution in [0, 0.1) is 11.8 Å². The Kier molecular flexibility index (Phi) is 7.74. The number of nitrogens with zero attached hydrogens (tertiary/aromatic N) is 2. The van der Waals surface area contributed by atoms with Gasteiger partial charge < -0.3 is 0 Å². The summed E-state index contributed by atoms with van der Waals surface area (Å²) in [5.41, 5.74) is 13.3. The summed E-state index contributed by atoms with van der Waals surface area (Å²) in [6, 6.07) is 18.7. The third-order valence-electron chi connectivity index (χ3n) is 10.3. The lowest BCUT2D eigenvalue weighted by atomic mass is 9.82. The minimum absolute atomic E-state index is 0.133. The summed E-state index contributed by atoms with van der Waals surface area (Å²) < 4.78 is 0. The van der Waals surface area contributed by atoms with E-state index in [1.54, 1.807) is 0 Å². The second-order valence-electron chi connectivity index (χ2n) is 13.6. The highest BCUT2D eigenvalue weighted by Gasteiger charge is 2.27. The number of allylic oxidation sites excluding steroid dienone is 11. The molecule has 0 saturated heterocycles. The fraction of sp³-hybridized carbons (Fsp3) is 0.273. The molecule has 0 spiro atoms. The first-order valence-electron chi connectivity index (χ1n) is 17.2. The summed E-state index contributed by atoms with van der Waals surface area (Å²) in [4.78, 5) is 10.7. The van der Waals surface area contributed by atoms with Crippen LogP contribution in [0.5, 0.6) is 0 Å². The van der Waals surface area contributed by atoms with Gasteiger partial charge in [0.2, 0.25) is 0 Å². The number of fused-ring (bicyclic) bond motifs is 3. The minimum atomic E-state index is 0.133. The van der Waals surface area contributed by atoms with Crippen molar-refractivity contribution in [1.29, 1.82) is 0 Å². The lowest BCUT2D eigenvalue weighted by molar-refractivity contribution is 0.719. The highest BCUT2D eigenvalue weighted by atomic mass is 15.0. The lowest BCUT2D eigenvalue weighted by Gasteiger charge is -2.27. The van der Waals surface area contributed by atoms with Crippen molar-refractivity contribution in [2.75, 3.05) is 0 Å². The monoisotopic (exact) mass is 598 g/mol. The molecule has 0 bridgehead atoms. The summed E-state index contributed by atoms with van der Waals surface area (Å²) >= 11 is 0. The Labute approximate surface area is 273 Å². The molecule has 0 aromatic heterocycles. The zero-order valence-corrected chi connectivity index (χ0v) is 27.0. The summed E-state index contributed by atoms with van der Waals surface area (Å²) in [6.07, 6.45) is 32.3. The molecule has 8 rings (SSSR count). The SMILES string of the molecule is CC1=C[C@@H](C)CC=C1c1cc(C2=NC(C3C=CC=CC3)=NC(C3=CC=CCC3)C2)cc(-c2cc3ccccc3c3c2CCC=C3)c1. The van der Waals surface area contributed by atoms with Gasteiger partial charge in [0, 0.05) is 12.3 Å². The molecule has 0 radical (unpaired) electrons. The van der Waals surface area contributed by atoms with Crippen molar-refractivity contribution in [3.05, 3.63) is 143 Å². The quantitative estimate of drug-likeness (QED) is 0.279. The molecule has 1 aliphatic heterocycles. The third kappa shape index (κ3) is 5.55. The average molecular weight is 599 g/mol. The van der Waals surface area contributed by atoms with Crippen molar-refractivity contribution >= 4 is 34.0 Å². The zero-order chi connectivity index (χ0) is 31.0. The first kappa shape index (κ1) is 28.9. The molecule has 4 aliphatic carbocycles. The molecule has 0 fully saturated rings. The number of rotatable bonds is 5. The van der Waals surface area contributed by atoms with Gasteiger partial charge in [-0.3, -0.25) is 4.99 Å². The van der Waals surface area contributed by atoms with E-state index in [9.17, 15) is 0 Å². The number of hydrogen-bond donors (Lipinski definition) is 0. The molecule has 3 aromatic rings. The Bertz CT molecular complexity index is 2000. The van der Waals surface area contributed by atoms with Crippen LogP contribution in [0.2, 0.25) is 0 Å². The van der Waals surface area contributed by atoms with Crippen LogP contribution in [0.1, 0.15) is 74.6 Å². The van der Waals surface area contributed by atoms with Crippen LogP contribution in [0.4, 0.5) is 0 Å². The molecule has 2 nitrogen and oxygen atoms in total. The fourth-order valence-corrected chi connectivity index (χ4v) is 7.91. The third-order valence-corrected chi connectivity index (χ3v) is 10.3. The second kappa shape index (κ2) is 12.3. The van der Waals surface area contributed by atoms with Crippen molar-refractivity contribution in [3.63, 3.8) is 0 Å². The number of amidine groups is 1. The minimum Gasteiger partial charge on any atom is -0.262 e. The van der Waals surface area contributed by atoms with Gasteiger partial charge in [0.1, 0.15) is 5.84 Å². The maximum atomic E-state index is 5.40. The molecule has 46 heavy (non-hydrogen) atoms. The summed E-state index contributed by atoms with van der Waals surface area (Å²) in [5, 5.41) is 2.65. The van der Waals surface area contributed by atoms with Crippen molar-refractivity contribution in [2.45, 2.75) is 64.8 Å². The molecule has 3 aromatic carbocycles. The normalized spacial score (nSPS) is 23.8. The second-order valence-corrected chi connectivity index (χ2v) is 13.6. The maximum absolute atomic E-state index is 5.40. The molecule has 5 aliphatic rings. The van der Waals surface area contributed by atoms with Crippen LogP contribution < -0.4 is 0 Å². The van der Waals surface area contributed by atoms with Gasteiger partial charge in [-0.1, -0.05) is 98.0 Å². The van der Waals surface area contributed by atoms with Crippen molar-refractivity contribution in [2.24, 2.45) is 21.8 Å². The topological polar surface area (TPSA) is 24.7 Å². The molecule has 1 heterocycles. The molecular weight excluding hydrogens is 556 g/mol. The van der Waals surface area contributed by atoms with Crippen LogP contribution >= 0.6 is 0 Å². The summed E-state index contributed by atoms with van der Waals surface area (Å²) in [7, 11) is 0. The van der Waals surface area contributed by atoms with E-state index in [0.29, 0.717) is 5.92 Å². The van der Waals surface area contributed by atoms with E-state index in [2.05, 4.69) is 129 Å². The molecule has 2 unspecified atom stereocenters. The van der Waals surface area contributed by atoms with Gasteiger partial charge >= 0.3 is 0 Å². The predicted molar refractivity (Wildman–Crippen MR) is 197 cm³/mol. The standard InChI is InChI=1S/C44H42N2/c1-29-21-22-37(30(2)23-29)34-24-35(41-27-33-17-9-10-18-38(33)39-19-11-12-20-40(39)41)26-36(25-34)43-28-42(31-13-5-3-6-14-31)45-44(46-43)32-15-7-4-8-16-32/h3-5,7-11,13,15,17-19,22-27,29,32,42H,6,12,14,16,20-21,28H2,1-2H3/t29-,32?,42?/m0/s1. The largest absolute Gasteiger partial charge is 0.262 e. The zero-order valence-electron chi connectivity index (χ0n) is 27.0. The van der Waals surface area contributed by atoms with E-state index >= 15 is 0 Å². The van der Waals surface area contributed by atoms with Crippen LogP contribution in [0.15, 0.2) is 130 Å². The molecule has 0 N–H and O–H groups in total. The van der Waals surface area contributed by atoms with Crippen LogP contribution in [-0.4, -0.2) is 17.6 Å². The van der Waals surface area contributed by atoms with Crippen molar-refractivity contribution in [1.82, 2.24) is 0 Å². The maximum Gasteiger partial charge on any atom is 0.131 e. The Morgan fingerprint density at radius 1 is 0.826 bits per heavy atom. The molecule has 3 atom stereocenters. The van der Waals surface area contributed by atoms with Crippen LogP contribution in [0.3, 0.4) is 0 Å². The number of benzene rings is 3. The first-order chi connectivity index (χ1) is 22.6. The molecule has 0 saturated carbocycles. The van der Waals surface area contributed by atoms with Gasteiger partial charge in [0.05, 0.1) is 11.8 Å². The van der Waals surface area contributed by atoms with Gasteiger partial charge in [0.15, 0.2) is 0 Å². The van der Waals surface area contributed by atoms with Crippen molar-refractivity contribution < 1.29 is 0 Å². The molecule has 228 valence electrons. The Morgan fingerprint density at radius 2 is 1.70 bits per heavy atom. The molecule has 2 heteroatoms. The lowest BCUT2D eigenvalue weighted by Crippen LogP contribution is -2.27. The van der Waals surface area contributed by atoms with E-state index in [1.165, 1.54) is 60.9 Å². The van der Waals surface area contributed by atoms with Gasteiger partial charge in [-0.2, -0.15) is 0 Å². The van der Waals surface area contributed by atoms with E-state index in [0.717, 1.165) is 56.5 Å². The Hall–Kier alpha value is -4.56. The molecular formula is C44H42N2. The van der Waals surface area contributed by atoms with E-state index in [-0.39, 0.29) is 12.0 Å². The highest BCUT2D eigenvalue weighted by molar-refractivity contribution is 6.11. The van der Waals surface area contributed by atoms with Crippen LogP contribution in [0.25, 0.3) is 33.5 Å². The smallest absolute Gasteiger partial charge is 0.131 e. The first-order valence-corrected chi connectivity index (χ1v) is 17.2. The average Bonchev–Trinajstić information content (AvgIpc) is 3.11. The van der Waals surface area contributed by atoms with Gasteiger partial charge in [-0.25, -0.2) is 4.99 Å². The van der Waals surface area contributed by atoms with Crippen molar-refractivity contribution in [3.8, 4) is 11.1 Å².